The van der Waals surface area contributed by atoms with E-state index in [4.69, 9.17) is 18.6 Å². The molecule has 2 heterocycles. The summed E-state index contributed by atoms with van der Waals surface area (Å²) in [5.74, 6) is -0.212. The van der Waals surface area contributed by atoms with Crippen molar-refractivity contribution in [2.75, 3.05) is 19.8 Å². The van der Waals surface area contributed by atoms with E-state index in [1.807, 2.05) is 20.8 Å². The quantitative estimate of drug-likeness (QED) is 0.399. The predicted molar refractivity (Wildman–Crippen MR) is 129 cm³/mol. The second-order valence-corrected chi connectivity index (χ2v) is 15.7. The Morgan fingerprint density at radius 3 is 2.42 bits per heavy atom. The molecular weight excluding hydrogens is 440 g/mol. The van der Waals surface area contributed by atoms with Crippen LogP contribution in [0.15, 0.2) is 18.3 Å². The first-order valence-electron chi connectivity index (χ1n) is 11.6. The molecule has 0 bridgehead atoms. The second-order valence-electron chi connectivity index (χ2n) is 10.9. The maximum absolute atomic E-state index is 13.0. The number of hydrogen-bond donors (Lipinski definition) is 0. The largest absolute Gasteiger partial charge is 0.489 e. The number of esters is 1. The molecular formula is C24H40N2O6Si. The molecule has 0 spiro atoms. The number of hydrogen-bond acceptors (Lipinski definition) is 7. The normalized spacial score (nSPS) is 19.4. The van der Waals surface area contributed by atoms with E-state index in [1.54, 1.807) is 24.0 Å². The number of likely N-dealkylation sites (tertiary alicyclic amines) is 1. The topological polar surface area (TPSA) is 87.2 Å². The number of nitrogens with zero attached hydrogens (tertiary/aromatic N) is 2. The number of carbonyl (C=O) groups excluding carboxylic acids is 2. The van der Waals surface area contributed by atoms with E-state index in [2.05, 4.69) is 38.8 Å². The van der Waals surface area contributed by atoms with Crippen LogP contribution in [0.5, 0.6) is 5.75 Å². The first-order chi connectivity index (χ1) is 15.1. The van der Waals surface area contributed by atoms with Crippen molar-refractivity contribution >= 4 is 20.4 Å². The molecule has 0 unspecified atom stereocenters. The van der Waals surface area contributed by atoms with Gasteiger partial charge in [-0.2, -0.15) is 0 Å². The van der Waals surface area contributed by atoms with E-state index >= 15 is 0 Å². The highest BCUT2D eigenvalue weighted by Gasteiger charge is 2.44. The highest BCUT2D eigenvalue weighted by molar-refractivity contribution is 6.74. The van der Waals surface area contributed by atoms with Gasteiger partial charge in [-0.3, -0.25) is 4.90 Å². The van der Waals surface area contributed by atoms with E-state index in [9.17, 15) is 9.59 Å². The van der Waals surface area contributed by atoms with Gasteiger partial charge in [0.1, 0.15) is 12.2 Å². The van der Waals surface area contributed by atoms with Crippen molar-refractivity contribution in [3.63, 3.8) is 0 Å². The summed E-state index contributed by atoms with van der Waals surface area (Å²) in [5, 5.41) is 0.0581. The number of amides is 1. The van der Waals surface area contributed by atoms with E-state index in [-0.39, 0.29) is 36.1 Å². The zero-order valence-electron chi connectivity index (χ0n) is 21.6. The van der Waals surface area contributed by atoms with E-state index in [0.717, 1.165) is 0 Å². The molecule has 8 nitrogen and oxygen atoms in total. The van der Waals surface area contributed by atoms with Crippen LogP contribution in [0.25, 0.3) is 0 Å². The molecule has 1 saturated heterocycles. The summed E-state index contributed by atoms with van der Waals surface area (Å²) in [4.78, 5) is 31.0. The maximum atomic E-state index is 13.0. The third kappa shape index (κ3) is 7.43. The van der Waals surface area contributed by atoms with E-state index < -0.39 is 26.0 Å². The van der Waals surface area contributed by atoms with Crippen molar-refractivity contribution in [2.24, 2.45) is 0 Å². The molecule has 0 radical (unpaired) electrons. The van der Waals surface area contributed by atoms with Crippen molar-refractivity contribution in [3.05, 3.63) is 24.0 Å². The first kappa shape index (κ1) is 27.1. The summed E-state index contributed by atoms with van der Waals surface area (Å²) in [7, 11) is -2.02. The maximum Gasteiger partial charge on any atom is 0.410 e. The molecule has 2 rings (SSSR count). The van der Waals surface area contributed by atoms with Gasteiger partial charge in [-0.05, 0) is 64.4 Å². The molecule has 1 fully saturated rings. The van der Waals surface area contributed by atoms with Gasteiger partial charge in [0.2, 0.25) is 0 Å². The van der Waals surface area contributed by atoms with Crippen LogP contribution in [0.4, 0.5) is 4.79 Å². The minimum atomic E-state index is -2.02. The van der Waals surface area contributed by atoms with Crippen molar-refractivity contribution < 1.29 is 28.2 Å². The summed E-state index contributed by atoms with van der Waals surface area (Å²) in [6, 6.07) is 3.11. The highest BCUT2D eigenvalue weighted by Crippen LogP contribution is 2.39. The monoisotopic (exact) mass is 480 g/mol. The van der Waals surface area contributed by atoms with Crippen LogP contribution >= 0.6 is 0 Å². The third-order valence-electron chi connectivity index (χ3n) is 5.94. The summed E-state index contributed by atoms with van der Waals surface area (Å²) < 4.78 is 23.3. The molecule has 1 aromatic heterocycles. The highest BCUT2D eigenvalue weighted by atomic mass is 28.4. The lowest BCUT2D eigenvalue weighted by atomic mass is 10.2. The Morgan fingerprint density at radius 1 is 1.18 bits per heavy atom. The van der Waals surface area contributed by atoms with Gasteiger partial charge < -0.3 is 18.6 Å². The molecule has 0 saturated carbocycles. The lowest BCUT2D eigenvalue weighted by molar-refractivity contribution is 0.0172. The summed E-state index contributed by atoms with van der Waals surface area (Å²) >= 11 is 0. The van der Waals surface area contributed by atoms with Gasteiger partial charge in [0, 0.05) is 12.7 Å². The van der Waals surface area contributed by atoms with Crippen molar-refractivity contribution in [1.29, 1.82) is 0 Å². The van der Waals surface area contributed by atoms with Crippen LogP contribution in [0.2, 0.25) is 18.1 Å². The molecule has 33 heavy (non-hydrogen) atoms. The van der Waals surface area contributed by atoms with Crippen LogP contribution in [0, 0.1) is 0 Å². The van der Waals surface area contributed by atoms with Gasteiger partial charge in [-0.25, -0.2) is 14.6 Å². The first-order valence-corrected chi connectivity index (χ1v) is 14.5. The molecule has 1 amide bonds. The minimum Gasteiger partial charge on any atom is -0.489 e. The zero-order valence-corrected chi connectivity index (χ0v) is 22.6. The number of carbonyl (C=O) groups is 2. The van der Waals surface area contributed by atoms with Crippen molar-refractivity contribution in [3.8, 4) is 5.75 Å². The Bertz CT molecular complexity index is 831. The standard InChI is InChI=1S/C24H40N2O6Si/c1-10-29-21(27)20-19(12-11-13-25-20)30-16-17-14-18(32-33(8,9)24(5,6)7)15-26(17)22(28)31-23(2,3)4/h11-13,17-18H,10,14-16H2,1-9H3/t17-,18+/m1/s1. The van der Waals surface area contributed by atoms with Gasteiger partial charge in [-0.15, -0.1) is 0 Å². The lowest BCUT2D eigenvalue weighted by Crippen LogP contribution is -2.45. The molecule has 0 N–H and O–H groups in total. The number of aromatic nitrogens is 1. The van der Waals surface area contributed by atoms with Gasteiger partial charge in [-0.1, -0.05) is 20.8 Å². The fraction of sp³-hybridized carbons (Fsp3) is 0.708. The van der Waals surface area contributed by atoms with Crippen LogP contribution in [-0.2, 0) is 13.9 Å². The smallest absolute Gasteiger partial charge is 0.410 e. The number of rotatable bonds is 7. The third-order valence-corrected chi connectivity index (χ3v) is 10.5. The van der Waals surface area contributed by atoms with Crippen molar-refractivity contribution in [1.82, 2.24) is 9.88 Å². The van der Waals surface area contributed by atoms with Crippen molar-refractivity contribution in [2.45, 2.75) is 90.8 Å². The summed E-state index contributed by atoms with van der Waals surface area (Å²) in [6.45, 7) is 19.1. The SMILES string of the molecule is CCOC(=O)c1ncccc1OC[C@H]1C[C@H](O[Si](C)(C)C(C)(C)C)CN1C(=O)OC(C)(C)C. The molecule has 186 valence electrons. The van der Waals surface area contributed by atoms with Gasteiger partial charge >= 0.3 is 12.1 Å². The van der Waals surface area contributed by atoms with Crippen LogP contribution in [0.1, 0.15) is 65.4 Å². The van der Waals surface area contributed by atoms with E-state index in [0.29, 0.717) is 18.7 Å². The predicted octanol–water partition coefficient (Wildman–Crippen LogP) is 5.04. The van der Waals surface area contributed by atoms with Crippen LogP contribution < -0.4 is 4.74 Å². The number of ether oxygens (including phenoxy) is 3. The summed E-state index contributed by atoms with van der Waals surface area (Å²) in [5.41, 5.74) is -0.489. The lowest BCUT2D eigenvalue weighted by Gasteiger charge is -2.38. The van der Waals surface area contributed by atoms with E-state index in [1.165, 1.54) is 6.20 Å². The molecule has 1 aliphatic heterocycles. The van der Waals surface area contributed by atoms with Crippen LogP contribution in [0.3, 0.4) is 0 Å². The molecule has 1 aliphatic rings. The molecule has 1 aromatic rings. The molecule has 0 aliphatic carbocycles. The molecule has 0 aromatic carbocycles. The Hall–Kier alpha value is -2.13. The van der Waals surface area contributed by atoms with Gasteiger partial charge in [0.05, 0.1) is 18.8 Å². The fourth-order valence-corrected chi connectivity index (χ4v) is 4.66. The second kappa shape index (κ2) is 10.4. The number of pyridine rings is 1. The molecule has 9 heteroatoms. The Balaban J connectivity index is 2.19. The minimum absolute atomic E-state index is 0.0581. The molecule has 2 atom stereocenters. The Morgan fingerprint density at radius 2 is 1.85 bits per heavy atom. The zero-order chi connectivity index (χ0) is 25.0. The summed E-state index contributed by atoms with van der Waals surface area (Å²) in [6.07, 6.45) is 1.64. The fourth-order valence-electron chi connectivity index (χ4n) is 3.30. The van der Waals surface area contributed by atoms with Gasteiger partial charge in [0.25, 0.3) is 0 Å². The Kier molecular flexibility index (Phi) is 8.56. The average molecular weight is 481 g/mol. The van der Waals surface area contributed by atoms with Gasteiger partial charge in [0.15, 0.2) is 19.8 Å². The average Bonchev–Trinajstić information content (AvgIpc) is 3.06. The Labute approximate surface area is 199 Å². The van der Waals surface area contributed by atoms with Crippen LogP contribution in [-0.4, -0.2) is 67.8 Å².